The van der Waals surface area contributed by atoms with E-state index in [1.54, 1.807) is 20.8 Å². The zero-order valence-electron chi connectivity index (χ0n) is 29.2. The highest BCUT2D eigenvalue weighted by Crippen LogP contribution is 2.13. The van der Waals surface area contributed by atoms with E-state index >= 15 is 0 Å². The Balaban J connectivity index is 3.30. The monoisotopic (exact) mass is 645 g/mol. The number of carbonyl (C=O) groups is 3. The molecule has 0 aliphatic heterocycles. The second-order valence-electron chi connectivity index (χ2n) is 12.3. The zero-order chi connectivity index (χ0) is 33.3. The van der Waals surface area contributed by atoms with Gasteiger partial charge in [0.2, 0.25) is 11.8 Å². The molecular formula is C34H67N3O8. The first-order valence-corrected chi connectivity index (χ1v) is 17.6. The Hall–Kier alpha value is -1.95. The minimum atomic E-state index is -0.528. The molecular weight excluding hydrogens is 578 g/mol. The summed E-state index contributed by atoms with van der Waals surface area (Å²) in [6.45, 7) is 12.1. The molecule has 0 aliphatic carbocycles. The van der Waals surface area contributed by atoms with Gasteiger partial charge < -0.3 is 39.6 Å². The molecule has 0 heterocycles. The summed E-state index contributed by atoms with van der Waals surface area (Å²) in [4.78, 5) is 35.3. The standard InChI is InChI=1S/C34H67N3O8/c1-5-6-7-8-9-10-11-12-13-14-15-16-17-18-31(38)35-20-24-42-29-30-43-25-21-36-32(39)19-23-41-27-28-44-26-22-37-33(40)45-34(2,3)4/h5-30H2,1-4H3,(H,35,38)(H,36,39)(H,37,40). The molecule has 0 aromatic carbocycles. The van der Waals surface area contributed by atoms with E-state index < -0.39 is 11.7 Å². The molecule has 0 spiro atoms. The van der Waals surface area contributed by atoms with Gasteiger partial charge in [-0.25, -0.2) is 4.79 Å². The lowest BCUT2D eigenvalue weighted by atomic mass is 10.0. The molecule has 11 heteroatoms. The quantitative estimate of drug-likeness (QED) is 0.0796. The number of nitrogens with one attached hydrogen (secondary N) is 3. The van der Waals surface area contributed by atoms with Gasteiger partial charge in [0, 0.05) is 32.5 Å². The summed E-state index contributed by atoms with van der Waals surface area (Å²) in [5.41, 5.74) is -0.528. The van der Waals surface area contributed by atoms with Crippen LogP contribution in [-0.4, -0.2) is 96.0 Å². The molecule has 3 N–H and O–H groups in total. The number of amides is 3. The maximum Gasteiger partial charge on any atom is 0.407 e. The summed E-state index contributed by atoms with van der Waals surface area (Å²) < 4.78 is 26.8. The third-order valence-corrected chi connectivity index (χ3v) is 6.78. The normalized spacial score (nSPS) is 11.4. The molecule has 266 valence electrons. The van der Waals surface area contributed by atoms with Crippen molar-refractivity contribution in [1.82, 2.24) is 16.0 Å². The Labute approximate surface area is 273 Å². The van der Waals surface area contributed by atoms with Crippen LogP contribution in [0.15, 0.2) is 0 Å². The van der Waals surface area contributed by atoms with Gasteiger partial charge >= 0.3 is 6.09 Å². The van der Waals surface area contributed by atoms with Crippen molar-refractivity contribution >= 4 is 17.9 Å². The Morgan fingerprint density at radius 1 is 0.467 bits per heavy atom. The molecule has 0 unspecified atom stereocenters. The molecule has 45 heavy (non-hydrogen) atoms. The maximum absolute atomic E-state index is 12.0. The van der Waals surface area contributed by atoms with Crippen LogP contribution in [0.3, 0.4) is 0 Å². The summed E-state index contributed by atoms with van der Waals surface area (Å²) in [6, 6.07) is 0. The zero-order valence-corrected chi connectivity index (χ0v) is 29.2. The molecule has 0 aromatic rings. The van der Waals surface area contributed by atoms with E-state index in [2.05, 4.69) is 22.9 Å². The van der Waals surface area contributed by atoms with E-state index in [1.807, 2.05) is 0 Å². The summed E-state index contributed by atoms with van der Waals surface area (Å²) in [5.74, 6) is -0.0102. The lowest BCUT2D eigenvalue weighted by Crippen LogP contribution is -2.34. The average Bonchev–Trinajstić information content (AvgIpc) is 2.98. The van der Waals surface area contributed by atoms with Gasteiger partial charge in [0.15, 0.2) is 0 Å². The van der Waals surface area contributed by atoms with Gasteiger partial charge in [0.1, 0.15) is 5.60 Å². The second-order valence-corrected chi connectivity index (χ2v) is 12.3. The molecule has 0 atom stereocenters. The van der Waals surface area contributed by atoms with Crippen LogP contribution in [0, 0.1) is 0 Å². The third kappa shape index (κ3) is 36.4. The van der Waals surface area contributed by atoms with Gasteiger partial charge in [0.25, 0.3) is 0 Å². The Kier molecular flexibility index (Phi) is 30.6. The Morgan fingerprint density at radius 3 is 1.29 bits per heavy atom. The lowest BCUT2D eigenvalue weighted by Gasteiger charge is -2.19. The van der Waals surface area contributed by atoms with Crippen LogP contribution < -0.4 is 16.0 Å². The minimum absolute atomic E-state index is 0.0945. The smallest absolute Gasteiger partial charge is 0.407 e. The van der Waals surface area contributed by atoms with E-state index in [-0.39, 0.29) is 18.2 Å². The number of carbonyl (C=O) groups excluding carboxylic acids is 3. The maximum atomic E-state index is 12.0. The molecule has 0 bridgehead atoms. The molecule has 0 saturated heterocycles. The largest absolute Gasteiger partial charge is 0.444 e. The molecule has 0 saturated carbocycles. The average molecular weight is 646 g/mol. The summed E-state index contributed by atoms with van der Waals surface area (Å²) in [7, 11) is 0. The first-order chi connectivity index (χ1) is 21.7. The van der Waals surface area contributed by atoms with Crippen LogP contribution in [0.5, 0.6) is 0 Å². The lowest BCUT2D eigenvalue weighted by molar-refractivity contribution is -0.123. The van der Waals surface area contributed by atoms with E-state index in [0.29, 0.717) is 78.9 Å². The van der Waals surface area contributed by atoms with Gasteiger partial charge in [-0.05, 0) is 27.2 Å². The van der Waals surface area contributed by atoms with Crippen molar-refractivity contribution in [3.8, 4) is 0 Å². The molecule has 0 radical (unpaired) electrons. The number of hydrogen-bond donors (Lipinski definition) is 3. The number of alkyl carbamates (subject to hydrolysis) is 1. The van der Waals surface area contributed by atoms with Gasteiger partial charge in [-0.15, -0.1) is 0 Å². The van der Waals surface area contributed by atoms with Crippen molar-refractivity contribution in [1.29, 1.82) is 0 Å². The fourth-order valence-corrected chi connectivity index (χ4v) is 4.35. The Morgan fingerprint density at radius 2 is 0.844 bits per heavy atom. The minimum Gasteiger partial charge on any atom is -0.444 e. The highest BCUT2D eigenvalue weighted by atomic mass is 16.6. The summed E-state index contributed by atoms with van der Waals surface area (Å²) in [5, 5.41) is 8.30. The van der Waals surface area contributed by atoms with Crippen LogP contribution in [0.2, 0.25) is 0 Å². The topological polar surface area (TPSA) is 133 Å². The van der Waals surface area contributed by atoms with Gasteiger partial charge in [-0.2, -0.15) is 0 Å². The van der Waals surface area contributed by atoms with Crippen molar-refractivity contribution in [2.24, 2.45) is 0 Å². The van der Waals surface area contributed by atoms with Crippen LogP contribution in [0.25, 0.3) is 0 Å². The van der Waals surface area contributed by atoms with Crippen molar-refractivity contribution < 1.29 is 38.1 Å². The SMILES string of the molecule is CCCCCCCCCCCCCCCC(=O)NCCOCCOCCNC(=O)CCOCCOCCNC(=O)OC(C)(C)C. The van der Waals surface area contributed by atoms with Gasteiger partial charge in [-0.3, -0.25) is 9.59 Å². The third-order valence-electron chi connectivity index (χ3n) is 6.78. The number of unbranched alkanes of at least 4 members (excludes halogenated alkanes) is 12. The van der Waals surface area contributed by atoms with Crippen molar-refractivity contribution in [2.45, 2.75) is 130 Å². The Bertz CT molecular complexity index is 703. The van der Waals surface area contributed by atoms with Crippen LogP contribution in [0.1, 0.15) is 124 Å². The first kappa shape index (κ1) is 43.0. The molecule has 0 rings (SSSR count). The molecule has 0 aliphatic rings. The molecule has 0 aromatic heterocycles. The number of rotatable bonds is 32. The van der Waals surface area contributed by atoms with E-state index in [0.717, 1.165) is 12.8 Å². The van der Waals surface area contributed by atoms with E-state index in [9.17, 15) is 14.4 Å². The van der Waals surface area contributed by atoms with E-state index in [1.165, 1.54) is 70.6 Å². The van der Waals surface area contributed by atoms with Crippen molar-refractivity contribution in [2.75, 3.05) is 72.5 Å². The molecule has 3 amide bonds. The van der Waals surface area contributed by atoms with Crippen molar-refractivity contribution in [3.05, 3.63) is 0 Å². The van der Waals surface area contributed by atoms with Crippen LogP contribution in [-0.2, 0) is 33.3 Å². The predicted molar refractivity (Wildman–Crippen MR) is 178 cm³/mol. The van der Waals surface area contributed by atoms with Crippen LogP contribution in [0.4, 0.5) is 4.79 Å². The van der Waals surface area contributed by atoms with Crippen molar-refractivity contribution in [3.63, 3.8) is 0 Å². The fourth-order valence-electron chi connectivity index (χ4n) is 4.35. The summed E-state index contributed by atoms with van der Waals surface area (Å²) >= 11 is 0. The van der Waals surface area contributed by atoms with Gasteiger partial charge in [0.05, 0.1) is 52.9 Å². The summed E-state index contributed by atoms with van der Waals surface area (Å²) in [6.07, 6.45) is 17.3. The number of ether oxygens (including phenoxy) is 5. The highest BCUT2D eigenvalue weighted by Gasteiger charge is 2.15. The second kappa shape index (κ2) is 32.0. The molecule has 0 fully saturated rings. The molecule has 11 nitrogen and oxygen atoms in total. The predicted octanol–water partition coefficient (Wildman–Crippen LogP) is 5.68. The van der Waals surface area contributed by atoms with Crippen LogP contribution >= 0.6 is 0 Å². The first-order valence-electron chi connectivity index (χ1n) is 17.6. The van der Waals surface area contributed by atoms with Gasteiger partial charge in [-0.1, -0.05) is 84.0 Å². The van der Waals surface area contributed by atoms with E-state index in [4.69, 9.17) is 23.7 Å². The highest BCUT2D eigenvalue weighted by molar-refractivity contribution is 5.76. The number of hydrogen-bond acceptors (Lipinski definition) is 8. The fraction of sp³-hybridized carbons (Fsp3) is 0.912.